The fourth-order valence-electron chi connectivity index (χ4n) is 2.06. The van der Waals surface area contributed by atoms with Gasteiger partial charge < -0.3 is 16.2 Å². The third-order valence-corrected chi connectivity index (χ3v) is 3.26. The molecule has 0 aliphatic carbocycles. The fourth-order valence-corrected chi connectivity index (χ4v) is 2.06. The van der Waals surface area contributed by atoms with Crippen molar-refractivity contribution >= 4 is 11.9 Å². The van der Waals surface area contributed by atoms with Crippen LogP contribution in [-0.4, -0.2) is 23.0 Å². The second-order valence-corrected chi connectivity index (χ2v) is 5.02. The van der Waals surface area contributed by atoms with Crippen LogP contribution in [0, 0.1) is 0 Å². The highest BCUT2D eigenvalue weighted by Crippen LogP contribution is 2.08. The normalized spacial score (nSPS) is 11.7. The van der Waals surface area contributed by atoms with E-state index >= 15 is 0 Å². The molecule has 0 heterocycles. The zero-order valence-electron chi connectivity index (χ0n) is 12.0. The summed E-state index contributed by atoms with van der Waals surface area (Å²) in [5.74, 6) is -1.26. The first-order valence-electron chi connectivity index (χ1n) is 6.95. The summed E-state index contributed by atoms with van der Waals surface area (Å²) in [5.41, 5.74) is 7.74. The minimum absolute atomic E-state index is 0.190. The molecule has 0 saturated carbocycles. The van der Waals surface area contributed by atoms with Crippen molar-refractivity contribution in [3.63, 3.8) is 0 Å². The second-order valence-electron chi connectivity index (χ2n) is 5.02. The van der Waals surface area contributed by atoms with Crippen LogP contribution in [0.2, 0.25) is 0 Å². The Kier molecular flexibility index (Phi) is 5.27. The third kappa shape index (κ3) is 4.43. The summed E-state index contributed by atoms with van der Waals surface area (Å²) < 4.78 is 0. The molecule has 0 bridgehead atoms. The number of aliphatic carboxylic acids is 1. The molecule has 22 heavy (non-hydrogen) atoms. The van der Waals surface area contributed by atoms with Gasteiger partial charge >= 0.3 is 5.97 Å². The quantitative estimate of drug-likeness (QED) is 0.755. The van der Waals surface area contributed by atoms with Crippen LogP contribution >= 0.6 is 0 Å². The number of rotatable bonds is 6. The zero-order valence-corrected chi connectivity index (χ0v) is 12.0. The summed E-state index contributed by atoms with van der Waals surface area (Å²) >= 11 is 0. The zero-order chi connectivity index (χ0) is 15.9. The molecule has 5 heteroatoms. The molecule has 0 fully saturated rings. The first-order chi connectivity index (χ1) is 10.6. The average molecular weight is 298 g/mol. The van der Waals surface area contributed by atoms with E-state index in [4.69, 9.17) is 10.8 Å². The Morgan fingerprint density at radius 3 is 2.41 bits per heavy atom. The number of hydrogen-bond acceptors (Lipinski definition) is 3. The van der Waals surface area contributed by atoms with Crippen molar-refractivity contribution in [3.8, 4) is 0 Å². The molecule has 0 aliphatic rings. The standard InChI is InChI=1S/C17H18N2O3/c18-15(17(21)22)10-13-7-4-8-14(9-13)16(20)19-11-12-5-2-1-3-6-12/h1-9,15H,10-11,18H2,(H,19,20)(H,21,22)/t15-/m0/s1. The Morgan fingerprint density at radius 1 is 1.05 bits per heavy atom. The van der Waals surface area contributed by atoms with Crippen molar-refractivity contribution in [3.05, 3.63) is 71.3 Å². The van der Waals surface area contributed by atoms with Crippen LogP contribution in [0.4, 0.5) is 0 Å². The highest BCUT2D eigenvalue weighted by Gasteiger charge is 2.13. The van der Waals surface area contributed by atoms with Crippen LogP contribution in [0.25, 0.3) is 0 Å². The van der Waals surface area contributed by atoms with E-state index in [1.807, 2.05) is 30.3 Å². The number of carbonyl (C=O) groups excluding carboxylic acids is 1. The lowest BCUT2D eigenvalue weighted by atomic mass is 10.0. The summed E-state index contributed by atoms with van der Waals surface area (Å²) in [5, 5.41) is 11.7. The number of nitrogens with one attached hydrogen (secondary N) is 1. The van der Waals surface area contributed by atoms with E-state index in [1.165, 1.54) is 0 Å². The number of benzene rings is 2. The summed E-state index contributed by atoms with van der Waals surface area (Å²) in [7, 11) is 0. The van der Waals surface area contributed by atoms with Crippen molar-refractivity contribution in [2.24, 2.45) is 5.73 Å². The predicted molar refractivity (Wildman–Crippen MR) is 83.4 cm³/mol. The first kappa shape index (κ1) is 15.7. The Morgan fingerprint density at radius 2 is 1.73 bits per heavy atom. The number of amides is 1. The summed E-state index contributed by atoms with van der Waals surface area (Å²) in [4.78, 5) is 22.9. The van der Waals surface area contributed by atoms with Crippen LogP contribution in [0.15, 0.2) is 54.6 Å². The number of carboxylic acids is 1. The van der Waals surface area contributed by atoms with Gasteiger partial charge in [-0.25, -0.2) is 0 Å². The lowest BCUT2D eigenvalue weighted by Crippen LogP contribution is -2.32. The highest BCUT2D eigenvalue weighted by atomic mass is 16.4. The van der Waals surface area contributed by atoms with Gasteiger partial charge in [-0.15, -0.1) is 0 Å². The van der Waals surface area contributed by atoms with Gasteiger partial charge in [0.2, 0.25) is 0 Å². The molecule has 114 valence electrons. The summed E-state index contributed by atoms with van der Waals surface area (Å²) in [6.07, 6.45) is 0.190. The van der Waals surface area contributed by atoms with Crippen LogP contribution < -0.4 is 11.1 Å². The van der Waals surface area contributed by atoms with Gasteiger partial charge in [0.15, 0.2) is 0 Å². The van der Waals surface area contributed by atoms with Gasteiger partial charge in [0, 0.05) is 12.1 Å². The lowest BCUT2D eigenvalue weighted by Gasteiger charge is -2.09. The van der Waals surface area contributed by atoms with Gasteiger partial charge in [0.05, 0.1) is 0 Å². The maximum Gasteiger partial charge on any atom is 0.320 e. The van der Waals surface area contributed by atoms with Crippen LogP contribution in [0.5, 0.6) is 0 Å². The van der Waals surface area contributed by atoms with E-state index in [2.05, 4.69) is 5.32 Å². The Hall–Kier alpha value is -2.66. The fraction of sp³-hybridized carbons (Fsp3) is 0.176. The molecule has 2 rings (SSSR count). The molecular weight excluding hydrogens is 280 g/mol. The molecule has 2 aromatic rings. The van der Waals surface area contributed by atoms with Gasteiger partial charge in [-0.1, -0.05) is 42.5 Å². The Labute approximate surface area is 128 Å². The molecule has 0 saturated heterocycles. The lowest BCUT2D eigenvalue weighted by molar-refractivity contribution is -0.138. The number of carbonyl (C=O) groups is 2. The molecule has 0 aromatic heterocycles. The van der Waals surface area contributed by atoms with Crippen molar-refractivity contribution in [1.82, 2.24) is 5.32 Å². The van der Waals surface area contributed by atoms with E-state index < -0.39 is 12.0 Å². The molecule has 5 nitrogen and oxygen atoms in total. The molecule has 0 radical (unpaired) electrons. The molecule has 0 aliphatic heterocycles. The Balaban J connectivity index is 1.99. The smallest absolute Gasteiger partial charge is 0.320 e. The number of nitrogens with two attached hydrogens (primary N) is 1. The third-order valence-electron chi connectivity index (χ3n) is 3.26. The predicted octanol–water partition coefficient (Wildman–Crippen LogP) is 1.57. The molecule has 2 aromatic carbocycles. The first-order valence-corrected chi connectivity index (χ1v) is 6.95. The van der Waals surface area contributed by atoms with Crippen LogP contribution in [-0.2, 0) is 17.8 Å². The monoisotopic (exact) mass is 298 g/mol. The van der Waals surface area contributed by atoms with Gasteiger partial charge in [-0.05, 0) is 29.7 Å². The SMILES string of the molecule is N[C@@H](Cc1cccc(C(=O)NCc2ccccc2)c1)C(=O)O. The molecule has 4 N–H and O–H groups in total. The van der Waals surface area contributed by atoms with Gasteiger partial charge in [0.25, 0.3) is 5.91 Å². The molecular formula is C17H18N2O3. The average Bonchev–Trinajstić information content (AvgIpc) is 2.53. The van der Waals surface area contributed by atoms with E-state index in [9.17, 15) is 9.59 Å². The van der Waals surface area contributed by atoms with Crippen LogP contribution in [0.3, 0.4) is 0 Å². The minimum atomic E-state index is -1.06. The minimum Gasteiger partial charge on any atom is -0.480 e. The maximum absolute atomic E-state index is 12.1. The number of hydrogen-bond donors (Lipinski definition) is 3. The topological polar surface area (TPSA) is 92.4 Å². The van der Waals surface area contributed by atoms with E-state index in [0.717, 1.165) is 11.1 Å². The second kappa shape index (κ2) is 7.38. The highest BCUT2D eigenvalue weighted by molar-refractivity contribution is 5.94. The number of carboxylic acid groups (broad SMARTS) is 1. The summed E-state index contributed by atoms with van der Waals surface area (Å²) in [6.45, 7) is 0.443. The van der Waals surface area contributed by atoms with E-state index in [-0.39, 0.29) is 12.3 Å². The Bertz CT molecular complexity index is 656. The van der Waals surface area contributed by atoms with Crippen molar-refractivity contribution < 1.29 is 14.7 Å². The van der Waals surface area contributed by atoms with E-state index in [0.29, 0.717) is 12.1 Å². The molecule has 1 amide bonds. The van der Waals surface area contributed by atoms with Crippen molar-refractivity contribution in [2.45, 2.75) is 19.0 Å². The molecule has 0 spiro atoms. The maximum atomic E-state index is 12.1. The van der Waals surface area contributed by atoms with Gasteiger partial charge in [0.1, 0.15) is 6.04 Å². The van der Waals surface area contributed by atoms with Gasteiger partial charge in [-0.2, -0.15) is 0 Å². The van der Waals surface area contributed by atoms with Crippen LogP contribution in [0.1, 0.15) is 21.5 Å². The van der Waals surface area contributed by atoms with Crippen molar-refractivity contribution in [1.29, 1.82) is 0 Å². The van der Waals surface area contributed by atoms with Gasteiger partial charge in [-0.3, -0.25) is 9.59 Å². The molecule has 1 atom stereocenters. The van der Waals surface area contributed by atoms with Crippen molar-refractivity contribution in [2.75, 3.05) is 0 Å². The van der Waals surface area contributed by atoms with E-state index in [1.54, 1.807) is 24.3 Å². The molecule has 0 unspecified atom stereocenters. The summed E-state index contributed by atoms with van der Waals surface area (Å²) in [6, 6.07) is 15.5. The largest absolute Gasteiger partial charge is 0.480 e.